The molecule has 30 heavy (non-hydrogen) atoms. The number of hydrogen-bond acceptors (Lipinski definition) is 4. The molecule has 0 atom stereocenters. The number of anilines is 1. The molecule has 0 aliphatic rings. The third-order valence-corrected chi connectivity index (χ3v) is 4.97. The molecule has 0 fully saturated rings. The number of ether oxygens (including phenoxy) is 1. The number of hydrogen-bond donors (Lipinski definition) is 3. The number of halogens is 1. The molecule has 0 aliphatic heterocycles. The Morgan fingerprint density at radius 3 is 2.33 bits per heavy atom. The summed E-state index contributed by atoms with van der Waals surface area (Å²) in [6.07, 6.45) is 0.845. The van der Waals surface area contributed by atoms with Crippen LogP contribution >= 0.6 is 15.9 Å². The van der Waals surface area contributed by atoms with Gasteiger partial charge in [0.2, 0.25) is 11.8 Å². The van der Waals surface area contributed by atoms with Crippen molar-refractivity contribution in [3.8, 4) is 5.75 Å². The van der Waals surface area contributed by atoms with Gasteiger partial charge in [-0.2, -0.15) is 0 Å². The molecule has 0 aliphatic carbocycles. The van der Waals surface area contributed by atoms with E-state index in [4.69, 9.17) is 4.74 Å². The first-order chi connectivity index (χ1) is 14.3. The summed E-state index contributed by atoms with van der Waals surface area (Å²) in [7, 11) is 0. The van der Waals surface area contributed by atoms with Crippen LogP contribution in [0.1, 0.15) is 36.5 Å². The van der Waals surface area contributed by atoms with Crippen molar-refractivity contribution in [2.24, 2.45) is 0 Å². The Morgan fingerprint density at radius 1 is 0.933 bits per heavy atom. The first kappa shape index (κ1) is 23.4. The van der Waals surface area contributed by atoms with Gasteiger partial charge in [-0.05, 0) is 71.1 Å². The molecule has 0 bridgehead atoms. The highest BCUT2D eigenvalue weighted by Gasteiger charge is 2.11. The third kappa shape index (κ3) is 7.51. The van der Waals surface area contributed by atoms with Crippen LogP contribution in [-0.2, 0) is 20.8 Å². The van der Waals surface area contributed by atoms with Crippen LogP contribution in [0, 0.1) is 13.8 Å². The lowest BCUT2D eigenvalue weighted by molar-refractivity contribution is -0.130. The Bertz CT molecular complexity index is 931. The zero-order valence-corrected chi connectivity index (χ0v) is 18.9. The van der Waals surface area contributed by atoms with Crippen molar-refractivity contribution in [3.05, 3.63) is 57.6 Å². The molecule has 0 aromatic heterocycles. The standard InChI is InChI=1S/C22H26BrN3O4/c1-4-16-7-8-19(17(23)12-16)30-13-22(29)26-25-21(28)10-9-20(27)24-18-11-14(2)5-6-15(18)3/h5-8,11-12H,4,9-10,13H2,1-3H3,(H,24,27)(H,25,28)(H,26,29). The number of benzene rings is 2. The summed E-state index contributed by atoms with van der Waals surface area (Å²) in [6, 6.07) is 11.4. The van der Waals surface area contributed by atoms with E-state index in [2.05, 4.69) is 32.1 Å². The number of carbonyl (C=O) groups excluding carboxylic acids is 3. The molecule has 0 saturated carbocycles. The van der Waals surface area contributed by atoms with Crippen molar-refractivity contribution in [2.45, 2.75) is 40.0 Å². The topological polar surface area (TPSA) is 96.5 Å². The van der Waals surface area contributed by atoms with Gasteiger partial charge in [0.05, 0.1) is 4.47 Å². The normalized spacial score (nSPS) is 10.3. The highest BCUT2D eigenvalue weighted by molar-refractivity contribution is 9.10. The fraction of sp³-hybridized carbons (Fsp3) is 0.318. The fourth-order valence-corrected chi connectivity index (χ4v) is 3.11. The molecule has 2 aromatic carbocycles. The van der Waals surface area contributed by atoms with E-state index in [0.717, 1.165) is 33.3 Å². The molecule has 3 N–H and O–H groups in total. The lowest BCUT2D eigenvalue weighted by atomic mass is 10.1. The second-order valence-corrected chi connectivity index (χ2v) is 7.72. The Labute approximate surface area is 184 Å². The lowest BCUT2D eigenvalue weighted by Gasteiger charge is -2.11. The van der Waals surface area contributed by atoms with Crippen LogP contribution in [-0.4, -0.2) is 24.3 Å². The predicted octanol–water partition coefficient (Wildman–Crippen LogP) is 3.57. The Balaban J connectivity index is 1.69. The lowest BCUT2D eigenvalue weighted by Crippen LogP contribution is -2.44. The molecular formula is C22H26BrN3O4. The second kappa shape index (κ2) is 11.3. The molecule has 0 unspecified atom stereocenters. The van der Waals surface area contributed by atoms with E-state index >= 15 is 0 Å². The van der Waals surface area contributed by atoms with Crippen LogP contribution in [0.2, 0.25) is 0 Å². The molecule has 2 aromatic rings. The SMILES string of the molecule is CCc1ccc(OCC(=O)NNC(=O)CCC(=O)Nc2cc(C)ccc2C)c(Br)c1. The summed E-state index contributed by atoms with van der Waals surface area (Å²) in [6.45, 7) is 5.63. The molecule has 0 saturated heterocycles. The molecule has 0 spiro atoms. The van der Waals surface area contributed by atoms with Gasteiger partial charge in [0, 0.05) is 18.5 Å². The van der Waals surface area contributed by atoms with Crippen molar-refractivity contribution < 1.29 is 19.1 Å². The summed E-state index contributed by atoms with van der Waals surface area (Å²) >= 11 is 3.40. The van der Waals surface area contributed by atoms with Crippen molar-refractivity contribution in [1.82, 2.24) is 10.9 Å². The number of hydrazine groups is 1. The molecule has 3 amide bonds. The molecule has 0 radical (unpaired) electrons. The molecule has 7 nitrogen and oxygen atoms in total. The van der Waals surface area contributed by atoms with Crippen molar-refractivity contribution in [2.75, 3.05) is 11.9 Å². The highest BCUT2D eigenvalue weighted by Crippen LogP contribution is 2.26. The molecule has 2 rings (SSSR count). The van der Waals surface area contributed by atoms with Gasteiger partial charge in [0.1, 0.15) is 5.75 Å². The van der Waals surface area contributed by atoms with Crippen LogP contribution in [0.5, 0.6) is 5.75 Å². The number of nitrogens with one attached hydrogen (secondary N) is 3. The van der Waals surface area contributed by atoms with Crippen molar-refractivity contribution >= 4 is 39.3 Å². The highest BCUT2D eigenvalue weighted by atomic mass is 79.9. The van der Waals surface area contributed by atoms with E-state index < -0.39 is 11.8 Å². The predicted molar refractivity (Wildman–Crippen MR) is 119 cm³/mol. The van der Waals surface area contributed by atoms with Gasteiger partial charge in [-0.15, -0.1) is 0 Å². The summed E-state index contributed by atoms with van der Waals surface area (Å²) in [5.41, 5.74) is 8.41. The number of rotatable bonds is 8. The smallest absolute Gasteiger partial charge is 0.276 e. The van der Waals surface area contributed by atoms with Gasteiger partial charge in [-0.25, -0.2) is 0 Å². The maximum absolute atomic E-state index is 12.1. The fourth-order valence-electron chi connectivity index (χ4n) is 2.57. The van der Waals surface area contributed by atoms with Gasteiger partial charge in [-0.3, -0.25) is 25.2 Å². The molecule has 160 valence electrons. The number of carbonyl (C=O) groups is 3. The van der Waals surface area contributed by atoms with Crippen LogP contribution in [0.3, 0.4) is 0 Å². The maximum atomic E-state index is 12.1. The van der Waals surface area contributed by atoms with E-state index in [-0.39, 0.29) is 25.4 Å². The van der Waals surface area contributed by atoms with Crippen molar-refractivity contribution in [1.29, 1.82) is 0 Å². The second-order valence-electron chi connectivity index (χ2n) is 6.87. The monoisotopic (exact) mass is 475 g/mol. The Kier molecular flexibility index (Phi) is 8.86. The van der Waals surface area contributed by atoms with Crippen LogP contribution in [0.25, 0.3) is 0 Å². The zero-order chi connectivity index (χ0) is 22.1. The first-order valence-electron chi connectivity index (χ1n) is 9.64. The summed E-state index contributed by atoms with van der Waals surface area (Å²) in [4.78, 5) is 35.8. The van der Waals surface area contributed by atoms with Gasteiger partial charge >= 0.3 is 0 Å². The summed E-state index contributed by atoms with van der Waals surface area (Å²) in [5.74, 6) is -0.701. The minimum Gasteiger partial charge on any atom is -0.483 e. The Hall–Kier alpha value is -2.87. The van der Waals surface area contributed by atoms with E-state index in [9.17, 15) is 14.4 Å². The average Bonchev–Trinajstić information content (AvgIpc) is 2.72. The van der Waals surface area contributed by atoms with E-state index in [1.54, 1.807) is 6.07 Å². The van der Waals surface area contributed by atoms with Crippen LogP contribution < -0.4 is 20.9 Å². The summed E-state index contributed by atoms with van der Waals surface area (Å²) < 4.78 is 6.20. The number of aryl methyl sites for hydroxylation is 3. The minimum atomic E-state index is -0.505. The molecule has 8 heteroatoms. The first-order valence-corrected chi connectivity index (χ1v) is 10.4. The quantitative estimate of drug-likeness (QED) is 0.508. The summed E-state index contributed by atoms with van der Waals surface area (Å²) in [5, 5.41) is 2.79. The van der Waals surface area contributed by atoms with E-state index in [0.29, 0.717) is 5.75 Å². The maximum Gasteiger partial charge on any atom is 0.276 e. The largest absolute Gasteiger partial charge is 0.483 e. The minimum absolute atomic E-state index is 0.00229. The molecule has 0 heterocycles. The van der Waals surface area contributed by atoms with Gasteiger partial charge in [0.25, 0.3) is 5.91 Å². The van der Waals surface area contributed by atoms with Gasteiger partial charge in [0.15, 0.2) is 6.61 Å². The number of amides is 3. The third-order valence-electron chi connectivity index (χ3n) is 4.35. The molecular weight excluding hydrogens is 450 g/mol. The van der Waals surface area contributed by atoms with E-state index in [1.807, 2.05) is 51.1 Å². The van der Waals surface area contributed by atoms with E-state index in [1.165, 1.54) is 0 Å². The van der Waals surface area contributed by atoms with Gasteiger partial charge < -0.3 is 10.1 Å². The zero-order valence-electron chi connectivity index (χ0n) is 17.3. The van der Waals surface area contributed by atoms with Crippen molar-refractivity contribution in [3.63, 3.8) is 0 Å². The van der Waals surface area contributed by atoms with Crippen LogP contribution in [0.4, 0.5) is 5.69 Å². The van der Waals surface area contributed by atoms with Gasteiger partial charge in [-0.1, -0.05) is 25.1 Å². The average molecular weight is 476 g/mol. The van der Waals surface area contributed by atoms with Crippen LogP contribution in [0.15, 0.2) is 40.9 Å². The Morgan fingerprint density at radius 2 is 1.63 bits per heavy atom.